The Morgan fingerprint density at radius 2 is 1.06 bits per heavy atom. The summed E-state index contributed by atoms with van der Waals surface area (Å²) < 4.78 is 34.9. The van der Waals surface area contributed by atoms with Crippen molar-refractivity contribution in [3.05, 3.63) is 12.2 Å². The largest absolute Gasteiger partial charge is 0.472 e. The number of carbonyl (C=O) groups excluding carboxylic acids is 1. The van der Waals surface area contributed by atoms with Gasteiger partial charge >= 0.3 is 13.8 Å². The quantitative estimate of drug-likeness (QED) is 0.0223. The van der Waals surface area contributed by atoms with Crippen molar-refractivity contribution < 1.29 is 37.3 Å². The molecule has 9 heteroatoms. The van der Waals surface area contributed by atoms with Gasteiger partial charge in [0.1, 0.15) is 19.3 Å². The minimum absolute atomic E-state index is 0.0899. The molecule has 0 saturated heterocycles. The van der Waals surface area contributed by atoms with Crippen molar-refractivity contribution in [2.24, 2.45) is 0 Å². The number of ether oxygens (including phenoxy) is 2. The number of allylic oxidation sites excluding steroid dienone is 2. The van der Waals surface area contributed by atoms with Crippen LogP contribution in [0.3, 0.4) is 0 Å². The molecule has 8 nitrogen and oxygen atoms in total. The molecule has 0 heterocycles. The Hall–Kier alpha value is -0.760. The van der Waals surface area contributed by atoms with Crippen LogP contribution in [0.5, 0.6) is 0 Å². The third-order valence-corrected chi connectivity index (χ3v) is 9.81. The smallest absolute Gasteiger partial charge is 0.457 e. The number of rotatable bonds is 38. The van der Waals surface area contributed by atoms with Gasteiger partial charge in [0.2, 0.25) is 0 Å². The van der Waals surface area contributed by atoms with E-state index in [-0.39, 0.29) is 25.8 Å². The summed E-state index contributed by atoms with van der Waals surface area (Å²) in [7, 11) is 1.67. The monoisotopic (exact) mass is 719 g/mol. The molecule has 0 bridgehead atoms. The summed E-state index contributed by atoms with van der Waals surface area (Å²) in [5.41, 5.74) is 0. The first kappa shape index (κ1) is 48.2. The molecule has 0 amide bonds. The molecule has 292 valence electrons. The second-order valence-corrected chi connectivity index (χ2v) is 16.5. The molecule has 1 N–H and O–H groups in total. The topological polar surface area (TPSA) is 91.3 Å². The second-order valence-electron chi connectivity index (χ2n) is 15.0. The van der Waals surface area contributed by atoms with Crippen molar-refractivity contribution >= 4 is 13.8 Å². The van der Waals surface area contributed by atoms with Crippen molar-refractivity contribution in [2.45, 2.75) is 187 Å². The van der Waals surface area contributed by atoms with Gasteiger partial charge < -0.3 is 18.9 Å². The van der Waals surface area contributed by atoms with Crippen LogP contribution in [0.2, 0.25) is 0 Å². The highest BCUT2D eigenvalue weighted by atomic mass is 31.2. The average molecular weight is 719 g/mol. The van der Waals surface area contributed by atoms with Gasteiger partial charge in [0.15, 0.2) is 0 Å². The highest BCUT2D eigenvalue weighted by molar-refractivity contribution is 7.47. The number of hydrogen-bond donors (Lipinski definition) is 1. The van der Waals surface area contributed by atoms with Crippen LogP contribution in [0, 0.1) is 0 Å². The fourth-order valence-electron chi connectivity index (χ4n) is 5.61. The second kappa shape index (κ2) is 34.3. The SMILES string of the molecule is CCCCCCCCC/C=C\CCCCCCCC(=O)OC(COCCCCCCCCCCCCC)COP(=O)(O)OCC[N+](C)(C)C. The molecule has 0 aromatic heterocycles. The number of unbranched alkanes of at least 4 members (excludes halogenated alkanes) is 22. The summed E-state index contributed by atoms with van der Waals surface area (Å²) in [6.45, 7) is 5.62. The number of phosphoric acid groups is 1. The number of hydrogen-bond acceptors (Lipinski definition) is 6. The van der Waals surface area contributed by atoms with Crippen molar-refractivity contribution in [1.29, 1.82) is 0 Å². The number of esters is 1. The summed E-state index contributed by atoms with van der Waals surface area (Å²) >= 11 is 0. The number of likely N-dealkylation sites (N-methyl/N-ethyl adjacent to an activating group) is 1. The fourth-order valence-corrected chi connectivity index (χ4v) is 6.35. The van der Waals surface area contributed by atoms with Crippen molar-refractivity contribution in [1.82, 2.24) is 0 Å². The van der Waals surface area contributed by atoms with Gasteiger partial charge in [-0.05, 0) is 38.5 Å². The van der Waals surface area contributed by atoms with E-state index in [0.717, 1.165) is 38.5 Å². The summed E-state index contributed by atoms with van der Waals surface area (Å²) in [5, 5.41) is 0. The first-order valence-electron chi connectivity index (χ1n) is 20.4. The normalized spacial score (nSPS) is 14.0. The first-order valence-corrected chi connectivity index (χ1v) is 21.9. The molecule has 0 rings (SSSR count). The summed E-state index contributed by atoms with van der Waals surface area (Å²) in [6, 6.07) is 0. The van der Waals surface area contributed by atoms with Crippen LogP contribution in [-0.4, -0.2) is 75.6 Å². The minimum atomic E-state index is -4.26. The highest BCUT2D eigenvalue weighted by Crippen LogP contribution is 2.43. The predicted molar refractivity (Wildman–Crippen MR) is 206 cm³/mol. The van der Waals surface area contributed by atoms with Crippen LogP contribution in [0.4, 0.5) is 0 Å². The van der Waals surface area contributed by atoms with Crippen molar-refractivity contribution in [3.8, 4) is 0 Å². The maximum Gasteiger partial charge on any atom is 0.472 e. The van der Waals surface area contributed by atoms with E-state index in [9.17, 15) is 14.3 Å². The number of phosphoric ester groups is 1. The fraction of sp³-hybridized carbons (Fsp3) is 0.925. The molecule has 0 aliphatic carbocycles. The molecule has 2 unspecified atom stereocenters. The van der Waals surface area contributed by atoms with Gasteiger partial charge in [-0.15, -0.1) is 0 Å². The molecule has 0 aliphatic rings. The Balaban J connectivity index is 4.25. The molecule has 0 saturated carbocycles. The molecular formula is C40H81NO7P+. The Morgan fingerprint density at radius 3 is 1.55 bits per heavy atom. The summed E-state index contributed by atoms with van der Waals surface area (Å²) in [6.07, 6.45) is 35.2. The predicted octanol–water partition coefficient (Wildman–Crippen LogP) is 11.5. The van der Waals surface area contributed by atoms with Crippen molar-refractivity contribution in [2.75, 3.05) is 54.1 Å². The lowest BCUT2D eigenvalue weighted by Gasteiger charge is -2.24. The van der Waals surface area contributed by atoms with E-state index in [2.05, 4.69) is 26.0 Å². The molecule has 0 aromatic carbocycles. The zero-order valence-electron chi connectivity index (χ0n) is 32.9. The standard InChI is InChI=1S/C40H80NO7P/c1-6-8-10-12-14-16-18-19-20-21-22-23-25-27-29-31-33-40(42)48-39(38-47-49(43,44)46-36-34-41(3,4)5)37-45-35-32-30-28-26-24-17-15-13-11-9-7-2/h20-21,39H,6-19,22-38H2,1-5H3/p+1/b21-20-. The highest BCUT2D eigenvalue weighted by Gasteiger charge is 2.26. The van der Waals surface area contributed by atoms with Gasteiger partial charge in [0, 0.05) is 13.0 Å². The van der Waals surface area contributed by atoms with Gasteiger partial charge in [-0.3, -0.25) is 13.8 Å². The van der Waals surface area contributed by atoms with Gasteiger partial charge in [0.25, 0.3) is 0 Å². The van der Waals surface area contributed by atoms with Crippen LogP contribution in [0.15, 0.2) is 12.2 Å². The van der Waals surface area contributed by atoms with Gasteiger partial charge in [-0.1, -0.05) is 148 Å². The molecule has 2 atom stereocenters. The first-order chi connectivity index (χ1) is 23.6. The lowest BCUT2D eigenvalue weighted by atomic mass is 10.1. The van der Waals surface area contributed by atoms with E-state index in [1.54, 1.807) is 0 Å². The maximum absolute atomic E-state index is 12.6. The molecule has 49 heavy (non-hydrogen) atoms. The van der Waals surface area contributed by atoms with Crippen LogP contribution < -0.4 is 0 Å². The molecule has 0 fully saturated rings. The van der Waals surface area contributed by atoms with E-state index in [1.165, 1.54) is 122 Å². The third kappa shape index (κ3) is 38.3. The molecule has 0 aliphatic heterocycles. The van der Waals surface area contributed by atoms with Gasteiger partial charge in [-0.2, -0.15) is 0 Å². The number of nitrogens with zero attached hydrogens (tertiary/aromatic N) is 1. The van der Waals surface area contributed by atoms with Crippen LogP contribution >= 0.6 is 7.82 Å². The minimum Gasteiger partial charge on any atom is -0.457 e. The van der Waals surface area contributed by atoms with E-state index < -0.39 is 13.9 Å². The van der Waals surface area contributed by atoms with Crippen LogP contribution in [0.25, 0.3) is 0 Å². The van der Waals surface area contributed by atoms with Crippen LogP contribution in [-0.2, 0) is 27.9 Å². The zero-order chi connectivity index (χ0) is 36.3. The van der Waals surface area contributed by atoms with Gasteiger partial charge in [-0.25, -0.2) is 4.57 Å². The third-order valence-electron chi connectivity index (χ3n) is 8.83. The Bertz CT molecular complexity index is 802. The van der Waals surface area contributed by atoms with E-state index in [0.29, 0.717) is 24.1 Å². The molecular weight excluding hydrogens is 637 g/mol. The number of quaternary nitrogens is 1. The number of carbonyl (C=O) groups is 1. The Morgan fingerprint density at radius 1 is 0.612 bits per heavy atom. The summed E-state index contributed by atoms with van der Waals surface area (Å²) in [4.78, 5) is 22.8. The van der Waals surface area contributed by atoms with E-state index in [1.807, 2.05) is 21.1 Å². The van der Waals surface area contributed by atoms with Crippen molar-refractivity contribution in [3.63, 3.8) is 0 Å². The lowest BCUT2D eigenvalue weighted by Crippen LogP contribution is -2.37. The maximum atomic E-state index is 12.6. The van der Waals surface area contributed by atoms with E-state index >= 15 is 0 Å². The Labute approximate surface area is 303 Å². The Kier molecular flexibility index (Phi) is 33.8. The molecule has 0 aromatic rings. The molecule has 0 radical (unpaired) electrons. The molecule has 0 spiro atoms. The lowest BCUT2D eigenvalue weighted by molar-refractivity contribution is -0.870. The summed E-state index contributed by atoms with van der Waals surface area (Å²) in [5.74, 6) is -0.320. The van der Waals surface area contributed by atoms with Gasteiger partial charge in [0.05, 0.1) is 34.4 Å². The van der Waals surface area contributed by atoms with Crippen LogP contribution in [0.1, 0.15) is 181 Å². The average Bonchev–Trinajstić information content (AvgIpc) is 3.04. The zero-order valence-corrected chi connectivity index (χ0v) is 33.8. The van der Waals surface area contributed by atoms with E-state index in [4.69, 9.17) is 18.5 Å².